The van der Waals surface area contributed by atoms with E-state index in [0.29, 0.717) is 5.57 Å². The van der Waals surface area contributed by atoms with Crippen molar-refractivity contribution < 1.29 is 9.90 Å². The summed E-state index contributed by atoms with van der Waals surface area (Å²) in [5.74, 6) is -0.537. The fourth-order valence-corrected chi connectivity index (χ4v) is 0.253. The highest BCUT2D eigenvalue weighted by Crippen LogP contribution is 1.87. The van der Waals surface area contributed by atoms with Crippen LogP contribution in [0.15, 0.2) is 24.3 Å². The molecule has 50 valence electrons. The van der Waals surface area contributed by atoms with E-state index in [1.807, 2.05) is 0 Å². The van der Waals surface area contributed by atoms with Crippen molar-refractivity contribution in [1.29, 1.82) is 0 Å². The zero-order valence-electron chi connectivity index (χ0n) is 5.00. The van der Waals surface area contributed by atoms with Gasteiger partial charge in [-0.1, -0.05) is 12.7 Å². The van der Waals surface area contributed by atoms with E-state index in [2.05, 4.69) is 6.58 Å². The quantitative estimate of drug-likeness (QED) is 0.399. The molecular weight excluding hydrogens is 118 g/mol. The second kappa shape index (κ2) is 3.86. The maximum atomic E-state index is 10.0. The molecule has 0 saturated heterocycles. The Morgan fingerprint density at radius 1 is 1.67 bits per heavy atom. The summed E-state index contributed by atoms with van der Waals surface area (Å²) in [6.45, 7) is 3.25. The molecule has 3 N–H and O–H groups in total. The number of amides is 1. The Morgan fingerprint density at radius 2 is 2.22 bits per heavy atom. The summed E-state index contributed by atoms with van der Waals surface area (Å²) in [5.41, 5.74) is 5.21. The number of carbonyl (C=O) groups excluding carboxylic acids is 1. The van der Waals surface area contributed by atoms with Crippen molar-refractivity contribution in [3.63, 3.8) is 0 Å². The third-order valence-electron chi connectivity index (χ3n) is 0.686. The Kier molecular flexibility index (Phi) is 3.39. The second-order valence-electron chi connectivity index (χ2n) is 1.55. The molecule has 0 radical (unpaired) electrons. The summed E-state index contributed by atoms with van der Waals surface area (Å²) in [5, 5.41) is 8.34. The largest absolute Gasteiger partial charge is 0.392 e. The highest BCUT2D eigenvalue weighted by Gasteiger charge is 1.84. The lowest BCUT2D eigenvalue weighted by Gasteiger charge is -1.87. The van der Waals surface area contributed by atoms with E-state index in [4.69, 9.17) is 10.8 Å². The normalized spacial score (nSPS) is 9.89. The van der Waals surface area contributed by atoms with Crippen LogP contribution < -0.4 is 5.73 Å². The number of hydrogen-bond acceptors (Lipinski definition) is 2. The summed E-state index contributed by atoms with van der Waals surface area (Å²) in [7, 11) is 0. The van der Waals surface area contributed by atoms with E-state index in [1.54, 1.807) is 0 Å². The first-order valence-electron chi connectivity index (χ1n) is 2.43. The molecule has 0 fully saturated rings. The van der Waals surface area contributed by atoms with Crippen molar-refractivity contribution in [2.45, 2.75) is 0 Å². The molecule has 3 heteroatoms. The first-order valence-corrected chi connectivity index (χ1v) is 2.43. The first-order chi connectivity index (χ1) is 4.16. The Morgan fingerprint density at radius 3 is 2.56 bits per heavy atom. The molecule has 0 aliphatic heterocycles. The molecule has 0 bridgehead atoms. The molecule has 0 unspecified atom stereocenters. The molecule has 0 aromatic rings. The lowest BCUT2D eigenvalue weighted by Crippen LogP contribution is -2.05. The van der Waals surface area contributed by atoms with Crippen molar-refractivity contribution in [2.24, 2.45) is 5.73 Å². The molecular formula is C6H9NO2. The molecule has 3 nitrogen and oxygen atoms in total. The third kappa shape index (κ3) is 4.77. The van der Waals surface area contributed by atoms with Crippen LogP contribution in [0.3, 0.4) is 0 Å². The van der Waals surface area contributed by atoms with Gasteiger partial charge in [-0.15, -0.1) is 0 Å². The van der Waals surface area contributed by atoms with Crippen LogP contribution in [-0.4, -0.2) is 17.6 Å². The van der Waals surface area contributed by atoms with Gasteiger partial charge in [0, 0.05) is 6.08 Å². The zero-order valence-corrected chi connectivity index (χ0v) is 5.00. The minimum atomic E-state index is -0.537. The van der Waals surface area contributed by atoms with Gasteiger partial charge in [-0.3, -0.25) is 4.79 Å². The van der Waals surface area contributed by atoms with Gasteiger partial charge in [-0.25, -0.2) is 0 Å². The van der Waals surface area contributed by atoms with Gasteiger partial charge < -0.3 is 10.8 Å². The van der Waals surface area contributed by atoms with Crippen LogP contribution in [0.4, 0.5) is 0 Å². The van der Waals surface area contributed by atoms with E-state index in [0.717, 1.165) is 6.08 Å². The molecule has 0 aliphatic rings. The second-order valence-corrected chi connectivity index (χ2v) is 1.55. The fourth-order valence-electron chi connectivity index (χ4n) is 0.253. The van der Waals surface area contributed by atoms with E-state index < -0.39 is 5.91 Å². The average Bonchev–Trinajstić information content (AvgIpc) is 1.83. The van der Waals surface area contributed by atoms with Crippen LogP contribution >= 0.6 is 0 Å². The topological polar surface area (TPSA) is 63.3 Å². The molecule has 0 spiro atoms. The van der Waals surface area contributed by atoms with E-state index in [9.17, 15) is 4.79 Å². The molecule has 0 atom stereocenters. The van der Waals surface area contributed by atoms with E-state index in [-0.39, 0.29) is 6.61 Å². The number of carbonyl (C=O) groups is 1. The molecule has 0 rings (SSSR count). The van der Waals surface area contributed by atoms with Gasteiger partial charge in [0.15, 0.2) is 0 Å². The molecule has 0 aromatic carbocycles. The number of aliphatic hydroxyl groups is 1. The summed E-state index contributed by atoms with van der Waals surface area (Å²) in [6.07, 6.45) is 2.53. The SMILES string of the molecule is C=C(C=CC(N)=O)CO. The Labute approximate surface area is 53.5 Å². The summed E-state index contributed by atoms with van der Waals surface area (Å²) in [6, 6.07) is 0. The van der Waals surface area contributed by atoms with Crippen LogP contribution in [-0.2, 0) is 4.79 Å². The van der Waals surface area contributed by atoms with Crippen LogP contribution in [0.5, 0.6) is 0 Å². The van der Waals surface area contributed by atoms with Crippen LogP contribution in [0.2, 0.25) is 0 Å². The Bertz CT molecular complexity index is 149. The van der Waals surface area contributed by atoms with Crippen molar-refractivity contribution in [2.75, 3.05) is 6.61 Å². The van der Waals surface area contributed by atoms with Gasteiger partial charge in [0.2, 0.25) is 5.91 Å². The lowest BCUT2D eigenvalue weighted by atomic mass is 10.3. The van der Waals surface area contributed by atoms with Crippen LogP contribution in [0.1, 0.15) is 0 Å². The summed E-state index contributed by atoms with van der Waals surface area (Å²) < 4.78 is 0. The van der Waals surface area contributed by atoms with Crippen molar-refractivity contribution in [1.82, 2.24) is 0 Å². The van der Waals surface area contributed by atoms with Crippen LogP contribution in [0.25, 0.3) is 0 Å². The standard InChI is InChI=1S/C6H9NO2/c1-5(4-8)2-3-6(7)9/h2-3,8H,1,4H2,(H2,7,9). The molecule has 9 heavy (non-hydrogen) atoms. The van der Waals surface area contributed by atoms with Crippen molar-refractivity contribution in [3.05, 3.63) is 24.3 Å². The van der Waals surface area contributed by atoms with Gasteiger partial charge in [0.25, 0.3) is 0 Å². The molecule has 0 aromatic heterocycles. The predicted molar refractivity (Wildman–Crippen MR) is 34.6 cm³/mol. The van der Waals surface area contributed by atoms with Crippen molar-refractivity contribution >= 4 is 5.91 Å². The van der Waals surface area contributed by atoms with Gasteiger partial charge in [0.1, 0.15) is 0 Å². The summed E-state index contributed by atoms with van der Waals surface area (Å²) >= 11 is 0. The Hall–Kier alpha value is -1.09. The smallest absolute Gasteiger partial charge is 0.241 e. The van der Waals surface area contributed by atoms with E-state index in [1.165, 1.54) is 6.08 Å². The number of hydrogen-bond donors (Lipinski definition) is 2. The fraction of sp³-hybridized carbons (Fsp3) is 0.167. The highest BCUT2D eigenvalue weighted by atomic mass is 16.3. The van der Waals surface area contributed by atoms with Gasteiger partial charge in [-0.05, 0) is 5.57 Å². The number of primary amides is 1. The monoisotopic (exact) mass is 127 g/mol. The predicted octanol–water partition coefficient (Wildman–Crippen LogP) is -0.424. The molecule has 0 saturated carbocycles. The highest BCUT2D eigenvalue weighted by molar-refractivity contribution is 5.86. The maximum absolute atomic E-state index is 10.0. The lowest BCUT2D eigenvalue weighted by molar-refractivity contribution is -0.113. The minimum Gasteiger partial charge on any atom is -0.392 e. The third-order valence-corrected chi connectivity index (χ3v) is 0.686. The minimum absolute atomic E-state index is 0.149. The number of rotatable bonds is 3. The van der Waals surface area contributed by atoms with Crippen molar-refractivity contribution in [3.8, 4) is 0 Å². The van der Waals surface area contributed by atoms with E-state index >= 15 is 0 Å². The maximum Gasteiger partial charge on any atom is 0.241 e. The van der Waals surface area contributed by atoms with Gasteiger partial charge >= 0.3 is 0 Å². The zero-order chi connectivity index (χ0) is 7.28. The summed E-state index contributed by atoms with van der Waals surface area (Å²) in [4.78, 5) is 10.0. The average molecular weight is 127 g/mol. The molecule has 1 amide bonds. The van der Waals surface area contributed by atoms with Gasteiger partial charge in [-0.2, -0.15) is 0 Å². The number of aliphatic hydroxyl groups excluding tert-OH is 1. The first kappa shape index (κ1) is 7.91. The Balaban J connectivity index is 3.71. The molecule has 0 aliphatic carbocycles. The number of nitrogens with two attached hydrogens (primary N) is 1. The molecule has 0 heterocycles. The van der Waals surface area contributed by atoms with Gasteiger partial charge in [0.05, 0.1) is 6.61 Å². The van der Waals surface area contributed by atoms with Crippen LogP contribution in [0, 0.1) is 0 Å².